The number of amides is 1. The third-order valence-electron chi connectivity index (χ3n) is 0.332. The molecule has 0 radical (unpaired) electrons. The molecule has 0 aliphatic carbocycles. The molecule has 48 valence electrons. The van der Waals surface area contributed by atoms with Crippen molar-refractivity contribution in [3.05, 3.63) is 0 Å². The molecule has 0 aromatic carbocycles. The molecule has 8 heavy (non-hydrogen) atoms. The minimum absolute atomic E-state index is 0.279. The summed E-state index contributed by atoms with van der Waals surface area (Å²) in [5, 5.41) is 2.22. The molecule has 0 saturated carbocycles. The maximum absolute atomic E-state index is 10.1. The summed E-state index contributed by atoms with van der Waals surface area (Å²) in [5.74, 6) is -0.279. The van der Waals surface area contributed by atoms with Crippen LogP contribution < -0.4 is 16.1 Å². The van der Waals surface area contributed by atoms with Crippen LogP contribution >= 0.6 is 6.49 Å². The highest BCUT2D eigenvalue weighted by atomic mass is 32.4. The molecular formula is C2H8N3OPS. The van der Waals surface area contributed by atoms with Crippen LogP contribution in [0.2, 0.25) is 0 Å². The second-order valence-electron chi connectivity index (χ2n) is 1.38. The van der Waals surface area contributed by atoms with Crippen molar-refractivity contribution in [2.45, 2.75) is 6.92 Å². The molecule has 0 aromatic heterocycles. The van der Waals surface area contributed by atoms with E-state index in [4.69, 9.17) is 11.0 Å². The number of nitrogens with two attached hydrogens (primary N) is 2. The van der Waals surface area contributed by atoms with E-state index in [0.29, 0.717) is 0 Å². The summed E-state index contributed by atoms with van der Waals surface area (Å²) in [5.41, 5.74) is 10.2. The van der Waals surface area contributed by atoms with Gasteiger partial charge in [-0.1, -0.05) is 0 Å². The van der Waals surface area contributed by atoms with Crippen molar-refractivity contribution >= 4 is 24.2 Å². The van der Waals surface area contributed by atoms with Crippen molar-refractivity contribution in [1.29, 1.82) is 0 Å². The van der Waals surface area contributed by atoms with Gasteiger partial charge < -0.3 is 5.09 Å². The van der Waals surface area contributed by atoms with Gasteiger partial charge in [-0.3, -0.25) is 15.8 Å². The highest BCUT2D eigenvalue weighted by molar-refractivity contribution is 8.11. The molecule has 0 heterocycles. The molecule has 0 aliphatic heterocycles. The Hall–Kier alpha value is 0.0400. The number of carbonyl (C=O) groups is 1. The van der Waals surface area contributed by atoms with Crippen LogP contribution in [0.3, 0.4) is 0 Å². The number of carbonyl (C=O) groups excluding carboxylic acids is 1. The highest BCUT2D eigenvalue weighted by Crippen LogP contribution is 2.16. The van der Waals surface area contributed by atoms with Crippen LogP contribution in [-0.4, -0.2) is 5.91 Å². The first kappa shape index (κ1) is 8.04. The van der Waals surface area contributed by atoms with E-state index in [1.54, 1.807) is 0 Å². The molecule has 1 amide bonds. The average molecular weight is 153 g/mol. The van der Waals surface area contributed by atoms with Gasteiger partial charge in [0.25, 0.3) is 0 Å². The highest BCUT2D eigenvalue weighted by Gasteiger charge is 2.01. The number of hydrogen-bond donors (Lipinski definition) is 3. The van der Waals surface area contributed by atoms with E-state index >= 15 is 0 Å². The fourth-order valence-electron chi connectivity index (χ4n) is 0.246. The molecular weight excluding hydrogens is 145 g/mol. The third kappa shape index (κ3) is 6.04. The standard InChI is InChI=1S/C2H8N3OPS/c1-2(6)5-7(3,4)8/h1H3,(H5,3,4,5,6,8). The van der Waals surface area contributed by atoms with Crippen LogP contribution in [0, 0.1) is 0 Å². The van der Waals surface area contributed by atoms with Gasteiger partial charge in [0.15, 0.2) is 6.49 Å². The zero-order valence-corrected chi connectivity index (χ0v) is 6.13. The summed E-state index contributed by atoms with van der Waals surface area (Å²) in [6.45, 7) is -1.17. The molecule has 0 atom stereocenters. The quantitative estimate of drug-likeness (QED) is 0.433. The monoisotopic (exact) mass is 153 g/mol. The number of nitrogens with one attached hydrogen (secondary N) is 1. The second kappa shape index (κ2) is 2.55. The van der Waals surface area contributed by atoms with Gasteiger partial charge in [-0.15, -0.1) is 0 Å². The van der Waals surface area contributed by atoms with E-state index in [-0.39, 0.29) is 5.91 Å². The summed E-state index contributed by atoms with van der Waals surface area (Å²) in [7, 11) is 0. The van der Waals surface area contributed by atoms with Crippen molar-refractivity contribution in [2.75, 3.05) is 0 Å². The van der Waals surface area contributed by atoms with E-state index < -0.39 is 6.49 Å². The molecule has 5 N–H and O–H groups in total. The van der Waals surface area contributed by atoms with Crippen molar-refractivity contribution in [2.24, 2.45) is 11.0 Å². The van der Waals surface area contributed by atoms with E-state index in [1.807, 2.05) is 0 Å². The first-order valence-corrected chi connectivity index (χ1v) is 4.82. The van der Waals surface area contributed by atoms with Crippen molar-refractivity contribution in [1.82, 2.24) is 5.09 Å². The second-order valence-corrected chi connectivity index (χ2v) is 4.83. The molecule has 6 heteroatoms. The van der Waals surface area contributed by atoms with Crippen molar-refractivity contribution in [3.8, 4) is 0 Å². The molecule has 4 nitrogen and oxygen atoms in total. The fraction of sp³-hybridized carbons (Fsp3) is 0.500. The van der Waals surface area contributed by atoms with Gasteiger partial charge in [-0.2, -0.15) is 0 Å². The lowest BCUT2D eigenvalue weighted by Crippen LogP contribution is -2.25. The lowest BCUT2D eigenvalue weighted by molar-refractivity contribution is -0.117. The van der Waals surface area contributed by atoms with Crippen LogP contribution in [-0.2, 0) is 16.6 Å². The molecule has 0 bridgehead atoms. The smallest absolute Gasteiger partial charge is 0.222 e. The predicted octanol–water partition coefficient (Wildman–Crippen LogP) is -0.736. The summed E-state index contributed by atoms with van der Waals surface area (Å²) < 4.78 is 0. The van der Waals surface area contributed by atoms with Crippen LogP contribution in [0.25, 0.3) is 0 Å². The van der Waals surface area contributed by atoms with Gasteiger partial charge in [0, 0.05) is 6.92 Å². The zero-order chi connectivity index (χ0) is 6.78. The molecule has 0 fully saturated rings. The Balaban J connectivity index is 3.74. The summed E-state index contributed by atoms with van der Waals surface area (Å²) in [6.07, 6.45) is 0. The Morgan fingerprint density at radius 1 is 1.75 bits per heavy atom. The minimum atomic E-state index is -2.49. The van der Waals surface area contributed by atoms with Crippen LogP contribution in [0.4, 0.5) is 0 Å². The van der Waals surface area contributed by atoms with E-state index in [2.05, 4.69) is 16.9 Å². The van der Waals surface area contributed by atoms with Gasteiger partial charge >= 0.3 is 0 Å². The van der Waals surface area contributed by atoms with Gasteiger partial charge in [0.05, 0.1) is 0 Å². The number of hydrogen-bond acceptors (Lipinski definition) is 2. The average Bonchev–Trinajstić information content (AvgIpc) is 1.21. The Morgan fingerprint density at radius 2 is 2.12 bits per heavy atom. The largest absolute Gasteiger partial charge is 0.306 e. The van der Waals surface area contributed by atoms with Gasteiger partial charge in [0.2, 0.25) is 5.91 Å². The Labute approximate surface area is 52.8 Å². The van der Waals surface area contributed by atoms with E-state index in [0.717, 1.165) is 0 Å². The zero-order valence-electron chi connectivity index (χ0n) is 4.42. The first-order valence-electron chi connectivity index (χ1n) is 1.88. The normalized spacial score (nSPS) is 10.9. The third-order valence-corrected chi connectivity index (χ3v) is 1.27. The van der Waals surface area contributed by atoms with Crippen LogP contribution in [0.5, 0.6) is 0 Å². The Kier molecular flexibility index (Phi) is 2.56. The summed E-state index contributed by atoms with van der Waals surface area (Å²) in [6, 6.07) is 0. The molecule has 0 aliphatic rings. The number of rotatable bonds is 1. The maximum atomic E-state index is 10.1. The fourth-order valence-corrected chi connectivity index (χ4v) is 1.12. The lowest BCUT2D eigenvalue weighted by Gasteiger charge is -2.08. The Bertz CT molecular complexity index is 140. The van der Waals surface area contributed by atoms with Crippen LogP contribution in [0.15, 0.2) is 0 Å². The molecule has 0 rings (SSSR count). The van der Waals surface area contributed by atoms with Gasteiger partial charge in [-0.25, -0.2) is 0 Å². The van der Waals surface area contributed by atoms with E-state index in [1.165, 1.54) is 6.92 Å². The maximum Gasteiger partial charge on any atom is 0.222 e. The van der Waals surface area contributed by atoms with Crippen LogP contribution in [0.1, 0.15) is 6.92 Å². The summed E-state index contributed by atoms with van der Waals surface area (Å²) >= 11 is 4.50. The first-order chi connectivity index (χ1) is 3.42. The van der Waals surface area contributed by atoms with E-state index in [9.17, 15) is 4.79 Å². The molecule has 0 spiro atoms. The SMILES string of the molecule is CC(=O)NP(N)(N)=S. The van der Waals surface area contributed by atoms with Gasteiger partial charge in [0.1, 0.15) is 0 Å². The molecule has 0 unspecified atom stereocenters. The molecule has 0 aromatic rings. The lowest BCUT2D eigenvalue weighted by atomic mass is 10.8. The van der Waals surface area contributed by atoms with Crippen molar-refractivity contribution < 1.29 is 4.79 Å². The predicted molar refractivity (Wildman–Crippen MR) is 36.5 cm³/mol. The minimum Gasteiger partial charge on any atom is -0.306 e. The topological polar surface area (TPSA) is 81.1 Å². The Morgan fingerprint density at radius 3 is 2.12 bits per heavy atom. The molecule has 0 saturated heterocycles. The van der Waals surface area contributed by atoms with Crippen molar-refractivity contribution in [3.63, 3.8) is 0 Å². The summed E-state index contributed by atoms with van der Waals surface area (Å²) in [4.78, 5) is 10.1. The van der Waals surface area contributed by atoms with Gasteiger partial charge in [-0.05, 0) is 11.8 Å².